The SMILES string of the molecule is SC1=C2C(=CCC1)Cc1cccnc1N2c1ccccc1. The van der Waals surface area contributed by atoms with Crippen LogP contribution in [0.5, 0.6) is 0 Å². The van der Waals surface area contributed by atoms with Gasteiger partial charge in [-0.3, -0.25) is 4.90 Å². The number of aromatic nitrogens is 1. The van der Waals surface area contributed by atoms with Gasteiger partial charge in [-0.15, -0.1) is 12.6 Å². The van der Waals surface area contributed by atoms with E-state index >= 15 is 0 Å². The fourth-order valence-corrected chi connectivity index (χ4v) is 3.49. The summed E-state index contributed by atoms with van der Waals surface area (Å²) in [6, 6.07) is 14.6. The summed E-state index contributed by atoms with van der Waals surface area (Å²) >= 11 is 4.75. The zero-order valence-corrected chi connectivity index (χ0v) is 12.6. The molecular weight excluding hydrogens is 276 g/mol. The molecule has 21 heavy (non-hydrogen) atoms. The second-order valence-electron chi connectivity index (χ2n) is 5.40. The Balaban J connectivity index is 1.98. The highest BCUT2D eigenvalue weighted by atomic mass is 32.1. The minimum absolute atomic E-state index is 0.950. The van der Waals surface area contributed by atoms with Crippen LogP contribution in [0.2, 0.25) is 0 Å². The molecule has 4 rings (SSSR count). The molecule has 0 atom stereocenters. The maximum absolute atomic E-state index is 4.75. The fourth-order valence-electron chi connectivity index (χ4n) is 3.12. The van der Waals surface area contributed by atoms with Gasteiger partial charge in [-0.1, -0.05) is 30.3 Å². The molecule has 2 aromatic rings. The van der Waals surface area contributed by atoms with Crippen LogP contribution in [0.25, 0.3) is 0 Å². The number of thiol groups is 1. The van der Waals surface area contributed by atoms with Crippen molar-refractivity contribution in [2.75, 3.05) is 4.90 Å². The highest BCUT2D eigenvalue weighted by Crippen LogP contribution is 2.44. The molecule has 0 N–H and O–H groups in total. The third kappa shape index (κ3) is 2.09. The summed E-state index contributed by atoms with van der Waals surface area (Å²) in [4.78, 5) is 8.05. The third-order valence-electron chi connectivity index (χ3n) is 4.05. The van der Waals surface area contributed by atoms with Crippen molar-refractivity contribution >= 4 is 24.1 Å². The predicted molar refractivity (Wildman–Crippen MR) is 89.9 cm³/mol. The van der Waals surface area contributed by atoms with Gasteiger partial charge in [0.2, 0.25) is 0 Å². The number of hydrogen-bond acceptors (Lipinski definition) is 3. The standard InChI is InChI=1S/C18H16N2S/c21-16-10-4-6-13-12-14-7-5-11-19-18(14)20(17(13)16)15-8-2-1-3-9-15/h1-3,5-9,11,21H,4,10,12H2. The summed E-state index contributed by atoms with van der Waals surface area (Å²) in [5, 5.41) is 0. The van der Waals surface area contributed by atoms with E-state index in [-0.39, 0.29) is 0 Å². The van der Waals surface area contributed by atoms with Crippen molar-refractivity contribution in [3.8, 4) is 0 Å². The van der Waals surface area contributed by atoms with Crippen LogP contribution < -0.4 is 4.90 Å². The molecule has 2 heterocycles. The Kier molecular flexibility index (Phi) is 3.08. The molecule has 2 aliphatic rings. The normalized spacial score (nSPS) is 17.2. The largest absolute Gasteiger partial charge is 0.294 e. The Morgan fingerprint density at radius 3 is 2.76 bits per heavy atom. The monoisotopic (exact) mass is 292 g/mol. The van der Waals surface area contributed by atoms with Crippen molar-refractivity contribution in [2.45, 2.75) is 19.3 Å². The van der Waals surface area contributed by atoms with Gasteiger partial charge in [0.05, 0.1) is 5.70 Å². The average Bonchev–Trinajstić information content (AvgIpc) is 2.54. The summed E-state index contributed by atoms with van der Waals surface area (Å²) in [5.41, 5.74) is 5.02. The zero-order chi connectivity index (χ0) is 14.2. The molecule has 0 fully saturated rings. The Morgan fingerprint density at radius 1 is 1.05 bits per heavy atom. The summed E-state index contributed by atoms with van der Waals surface area (Å²) < 4.78 is 0. The van der Waals surface area contributed by atoms with Crippen molar-refractivity contribution in [3.63, 3.8) is 0 Å². The van der Waals surface area contributed by atoms with E-state index in [1.807, 2.05) is 18.3 Å². The number of anilines is 2. The van der Waals surface area contributed by atoms with E-state index in [1.54, 1.807) is 0 Å². The summed E-state index contributed by atoms with van der Waals surface area (Å²) in [5.74, 6) is 1.03. The van der Waals surface area contributed by atoms with E-state index in [0.717, 1.165) is 35.7 Å². The Morgan fingerprint density at radius 2 is 1.90 bits per heavy atom. The molecule has 1 aliphatic heterocycles. The first kappa shape index (κ1) is 12.7. The first-order valence-electron chi connectivity index (χ1n) is 7.25. The van der Waals surface area contributed by atoms with Crippen LogP contribution in [-0.4, -0.2) is 4.98 Å². The number of nitrogens with zero attached hydrogens (tertiary/aromatic N) is 2. The van der Waals surface area contributed by atoms with E-state index in [1.165, 1.54) is 16.8 Å². The highest BCUT2D eigenvalue weighted by Gasteiger charge is 2.30. The second kappa shape index (κ2) is 5.08. The molecule has 0 amide bonds. The number of allylic oxidation sites excluding steroid dienone is 3. The minimum atomic E-state index is 0.950. The number of fused-ring (bicyclic) bond motifs is 2. The van der Waals surface area contributed by atoms with Gasteiger partial charge in [0.15, 0.2) is 0 Å². The Hall–Kier alpha value is -2.00. The quantitative estimate of drug-likeness (QED) is 0.771. The number of pyridine rings is 1. The molecule has 104 valence electrons. The predicted octanol–water partition coefficient (Wildman–Crippen LogP) is 4.64. The van der Waals surface area contributed by atoms with E-state index in [4.69, 9.17) is 12.6 Å². The van der Waals surface area contributed by atoms with Crippen molar-refractivity contribution < 1.29 is 0 Å². The summed E-state index contributed by atoms with van der Waals surface area (Å²) in [7, 11) is 0. The van der Waals surface area contributed by atoms with Crippen molar-refractivity contribution in [3.05, 3.63) is 76.5 Å². The number of hydrogen-bond donors (Lipinski definition) is 1. The van der Waals surface area contributed by atoms with Gasteiger partial charge in [-0.05, 0) is 42.2 Å². The lowest BCUT2D eigenvalue weighted by molar-refractivity contribution is 0.890. The summed E-state index contributed by atoms with van der Waals surface area (Å²) in [6.45, 7) is 0. The third-order valence-corrected chi connectivity index (χ3v) is 4.48. The molecular formula is C18H16N2S. The molecule has 0 saturated heterocycles. The van der Waals surface area contributed by atoms with Crippen LogP contribution in [0.15, 0.2) is 70.9 Å². The maximum atomic E-state index is 4.75. The van der Waals surface area contributed by atoms with Crippen LogP contribution in [0.4, 0.5) is 11.5 Å². The lowest BCUT2D eigenvalue weighted by Gasteiger charge is -2.36. The van der Waals surface area contributed by atoms with Crippen LogP contribution in [-0.2, 0) is 6.42 Å². The molecule has 3 heteroatoms. The Bertz CT molecular complexity index is 747. The molecule has 1 aromatic carbocycles. The van der Waals surface area contributed by atoms with Gasteiger partial charge < -0.3 is 0 Å². The van der Waals surface area contributed by atoms with Gasteiger partial charge >= 0.3 is 0 Å². The van der Waals surface area contributed by atoms with E-state index in [0.29, 0.717) is 0 Å². The molecule has 0 radical (unpaired) electrons. The molecule has 1 aliphatic carbocycles. The highest BCUT2D eigenvalue weighted by molar-refractivity contribution is 7.84. The lowest BCUT2D eigenvalue weighted by atomic mass is 9.91. The van der Waals surface area contributed by atoms with Crippen molar-refractivity contribution in [1.82, 2.24) is 4.98 Å². The minimum Gasteiger partial charge on any atom is -0.294 e. The van der Waals surface area contributed by atoms with E-state index in [9.17, 15) is 0 Å². The average molecular weight is 292 g/mol. The van der Waals surface area contributed by atoms with Crippen LogP contribution in [0, 0.1) is 0 Å². The van der Waals surface area contributed by atoms with E-state index < -0.39 is 0 Å². The topological polar surface area (TPSA) is 16.1 Å². The molecule has 0 unspecified atom stereocenters. The van der Waals surface area contributed by atoms with Gasteiger partial charge in [-0.25, -0.2) is 4.98 Å². The zero-order valence-electron chi connectivity index (χ0n) is 11.7. The maximum Gasteiger partial charge on any atom is 0.141 e. The van der Waals surface area contributed by atoms with Crippen molar-refractivity contribution in [1.29, 1.82) is 0 Å². The van der Waals surface area contributed by atoms with Gasteiger partial charge in [0.25, 0.3) is 0 Å². The number of benzene rings is 1. The van der Waals surface area contributed by atoms with Crippen LogP contribution >= 0.6 is 12.6 Å². The first-order valence-corrected chi connectivity index (χ1v) is 7.70. The van der Waals surface area contributed by atoms with Crippen LogP contribution in [0.1, 0.15) is 18.4 Å². The molecule has 0 spiro atoms. The number of para-hydroxylation sites is 1. The lowest BCUT2D eigenvalue weighted by Crippen LogP contribution is -2.27. The smallest absolute Gasteiger partial charge is 0.141 e. The summed E-state index contributed by atoms with van der Waals surface area (Å²) in [6.07, 6.45) is 7.25. The van der Waals surface area contributed by atoms with Crippen molar-refractivity contribution in [2.24, 2.45) is 0 Å². The number of rotatable bonds is 1. The molecule has 0 bridgehead atoms. The second-order valence-corrected chi connectivity index (χ2v) is 5.94. The first-order chi connectivity index (χ1) is 10.3. The van der Waals surface area contributed by atoms with Gasteiger partial charge in [0, 0.05) is 23.2 Å². The van der Waals surface area contributed by atoms with Gasteiger partial charge in [0.1, 0.15) is 5.82 Å². The van der Waals surface area contributed by atoms with E-state index in [2.05, 4.69) is 46.3 Å². The molecule has 2 nitrogen and oxygen atoms in total. The van der Waals surface area contributed by atoms with Gasteiger partial charge in [-0.2, -0.15) is 0 Å². The molecule has 0 saturated carbocycles. The molecule has 1 aromatic heterocycles. The Labute approximate surface area is 130 Å². The van der Waals surface area contributed by atoms with Crippen LogP contribution in [0.3, 0.4) is 0 Å². The fraction of sp³-hybridized carbons (Fsp3) is 0.167.